The Labute approximate surface area is 125 Å². The number of methoxy groups -OCH3 is 1. The highest BCUT2D eigenvalue weighted by atomic mass is 32.2. The Hall–Kier alpha value is -1.91. The van der Waals surface area contributed by atoms with Crippen LogP contribution in [0.25, 0.3) is 0 Å². The highest BCUT2D eigenvalue weighted by Gasteiger charge is 2.21. The number of hydrogen-bond donors (Lipinski definition) is 0. The number of nitriles is 1. The molecule has 0 heterocycles. The summed E-state index contributed by atoms with van der Waals surface area (Å²) < 4.78 is 30.4. The van der Waals surface area contributed by atoms with Crippen LogP contribution in [-0.4, -0.2) is 39.4 Å². The molecule has 7 heteroatoms. The van der Waals surface area contributed by atoms with E-state index in [-0.39, 0.29) is 23.8 Å². The zero-order valence-corrected chi connectivity index (χ0v) is 13.1. The first-order valence-electron chi connectivity index (χ1n) is 6.37. The second kappa shape index (κ2) is 7.20. The highest BCUT2D eigenvalue weighted by molar-refractivity contribution is 7.89. The van der Waals surface area contributed by atoms with Crippen molar-refractivity contribution in [3.8, 4) is 6.07 Å². The van der Waals surface area contributed by atoms with Crippen molar-refractivity contribution < 1.29 is 17.9 Å². The average Bonchev–Trinajstić information content (AvgIpc) is 2.46. The van der Waals surface area contributed by atoms with Gasteiger partial charge in [-0.2, -0.15) is 5.26 Å². The van der Waals surface area contributed by atoms with Gasteiger partial charge in [-0.1, -0.05) is 0 Å². The van der Waals surface area contributed by atoms with E-state index in [1.807, 2.05) is 6.07 Å². The maximum atomic E-state index is 12.4. The van der Waals surface area contributed by atoms with E-state index in [0.717, 1.165) is 0 Å². The molecule has 21 heavy (non-hydrogen) atoms. The number of nitrogens with zero attached hydrogens (tertiary/aromatic N) is 2. The summed E-state index contributed by atoms with van der Waals surface area (Å²) >= 11 is 0. The van der Waals surface area contributed by atoms with Gasteiger partial charge in [-0.15, -0.1) is 0 Å². The smallest absolute Gasteiger partial charge is 0.305 e. The molecule has 0 radical (unpaired) electrons. The normalized spacial score (nSPS) is 11.2. The first kappa shape index (κ1) is 17.1. The average molecular weight is 310 g/mol. The van der Waals surface area contributed by atoms with E-state index in [1.54, 1.807) is 6.92 Å². The fourth-order valence-corrected chi connectivity index (χ4v) is 3.07. The van der Waals surface area contributed by atoms with Crippen LogP contribution in [0, 0.1) is 18.3 Å². The number of hydrogen-bond acceptors (Lipinski definition) is 5. The third-order valence-corrected chi connectivity index (χ3v) is 4.96. The number of sulfonamides is 1. The van der Waals surface area contributed by atoms with Crippen LogP contribution in [0.1, 0.15) is 24.0 Å². The molecule has 0 saturated heterocycles. The summed E-state index contributed by atoms with van der Waals surface area (Å²) in [6.45, 7) is 1.91. The van der Waals surface area contributed by atoms with Crippen LogP contribution in [0.2, 0.25) is 0 Å². The molecule has 0 fully saturated rings. The lowest BCUT2D eigenvalue weighted by molar-refractivity contribution is -0.140. The van der Waals surface area contributed by atoms with Gasteiger partial charge in [0.15, 0.2) is 0 Å². The number of aryl methyl sites for hydroxylation is 1. The van der Waals surface area contributed by atoms with Crippen LogP contribution in [0.3, 0.4) is 0 Å². The summed E-state index contributed by atoms with van der Waals surface area (Å²) in [5, 5.41) is 8.86. The molecule has 0 amide bonds. The summed E-state index contributed by atoms with van der Waals surface area (Å²) in [6.07, 6.45) is 0.556. The van der Waals surface area contributed by atoms with Crippen LogP contribution in [-0.2, 0) is 19.6 Å². The van der Waals surface area contributed by atoms with Gasteiger partial charge in [0.25, 0.3) is 0 Å². The number of ether oxygens (including phenoxy) is 1. The molecule has 0 spiro atoms. The number of carbonyl (C=O) groups excluding carboxylic acids is 1. The maximum absolute atomic E-state index is 12.4. The Morgan fingerprint density at radius 2 is 2.10 bits per heavy atom. The van der Waals surface area contributed by atoms with Gasteiger partial charge in [-0.25, -0.2) is 12.7 Å². The lowest BCUT2D eigenvalue weighted by Gasteiger charge is -2.17. The summed E-state index contributed by atoms with van der Waals surface area (Å²) in [6, 6.07) is 6.38. The fourth-order valence-electron chi connectivity index (χ4n) is 1.77. The molecule has 1 aromatic carbocycles. The van der Waals surface area contributed by atoms with Crippen LogP contribution in [0.4, 0.5) is 0 Å². The molecule has 0 saturated carbocycles. The number of carbonyl (C=O) groups is 1. The third kappa shape index (κ3) is 4.28. The molecule has 0 N–H and O–H groups in total. The molecule has 0 unspecified atom stereocenters. The van der Waals surface area contributed by atoms with E-state index in [1.165, 1.54) is 36.7 Å². The monoisotopic (exact) mass is 310 g/mol. The van der Waals surface area contributed by atoms with Crippen LogP contribution >= 0.6 is 0 Å². The van der Waals surface area contributed by atoms with Crippen molar-refractivity contribution in [2.75, 3.05) is 20.7 Å². The third-order valence-electron chi connectivity index (χ3n) is 3.11. The van der Waals surface area contributed by atoms with E-state index >= 15 is 0 Å². The van der Waals surface area contributed by atoms with Crippen LogP contribution < -0.4 is 0 Å². The molecule has 0 aliphatic carbocycles. The lowest BCUT2D eigenvalue weighted by Crippen LogP contribution is -2.28. The minimum Gasteiger partial charge on any atom is -0.469 e. The molecule has 0 aliphatic heterocycles. The van der Waals surface area contributed by atoms with E-state index in [0.29, 0.717) is 17.5 Å². The summed E-state index contributed by atoms with van der Waals surface area (Å²) in [4.78, 5) is 11.1. The van der Waals surface area contributed by atoms with E-state index in [2.05, 4.69) is 4.74 Å². The zero-order chi connectivity index (χ0) is 16.0. The van der Waals surface area contributed by atoms with Gasteiger partial charge in [0.2, 0.25) is 10.0 Å². The van der Waals surface area contributed by atoms with Gasteiger partial charge in [0.05, 0.1) is 23.6 Å². The Morgan fingerprint density at radius 1 is 1.43 bits per heavy atom. The van der Waals surface area contributed by atoms with Crippen molar-refractivity contribution in [1.82, 2.24) is 4.31 Å². The van der Waals surface area contributed by atoms with Crippen molar-refractivity contribution in [2.45, 2.75) is 24.7 Å². The Morgan fingerprint density at radius 3 is 2.62 bits per heavy atom. The second-order valence-corrected chi connectivity index (χ2v) is 6.64. The van der Waals surface area contributed by atoms with Crippen LogP contribution in [0.15, 0.2) is 23.1 Å². The van der Waals surface area contributed by atoms with Gasteiger partial charge in [0.1, 0.15) is 0 Å². The van der Waals surface area contributed by atoms with Gasteiger partial charge in [-0.3, -0.25) is 4.79 Å². The van der Waals surface area contributed by atoms with Gasteiger partial charge in [0, 0.05) is 20.0 Å². The minimum absolute atomic E-state index is 0.138. The molecule has 0 aliphatic rings. The topological polar surface area (TPSA) is 87.5 Å². The lowest BCUT2D eigenvalue weighted by atomic mass is 10.1. The predicted molar refractivity (Wildman–Crippen MR) is 77.0 cm³/mol. The first-order chi connectivity index (χ1) is 9.82. The maximum Gasteiger partial charge on any atom is 0.305 e. The second-order valence-electron chi connectivity index (χ2n) is 4.59. The predicted octanol–water partition coefficient (Wildman–Crippen LogP) is 1.44. The molecular formula is C14H18N2O4S. The first-order valence-corrected chi connectivity index (χ1v) is 7.81. The van der Waals surface area contributed by atoms with Gasteiger partial charge >= 0.3 is 5.97 Å². The summed E-state index contributed by atoms with van der Waals surface area (Å²) in [7, 11) is -0.867. The molecule has 1 aromatic rings. The zero-order valence-electron chi connectivity index (χ0n) is 12.3. The molecule has 6 nitrogen and oxygen atoms in total. The molecule has 0 aromatic heterocycles. The summed E-state index contributed by atoms with van der Waals surface area (Å²) in [5.41, 5.74) is 1.06. The van der Waals surface area contributed by atoms with Crippen LogP contribution in [0.5, 0.6) is 0 Å². The fraction of sp³-hybridized carbons (Fsp3) is 0.429. The SMILES string of the molecule is COC(=O)CCCN(C)S(=O)(=O)c1ccc(C#N)c(C)c1. The van der Waals surface area contributed by atoms with Gasteiger partial charge < -0.3 is 4.74 Å². The molecular weight excluding hydrogens is 292 g/mol. The van der Waals surface area contributed by atoms with E-state index < -0.39 is 10.0 Å². The quantitative estimate of drug-likeness (QED) is 0.742. The number of esters is 1. The Balaban J connectivity index is 2.83. The molecule has 0 bridgehead atoms. The van der Waals surface area contributed by atoms with Gasteiger partial charge in [-0.05, 0) is 37.1 Å². The van der Waals surface area contributed by atoms with E-state index in [4.69, 9.17) is 5.26 Å². The standard InChI is InChI=1S/C14H18N2O4S/c1-11-9-13(7-6-12(11)10-15)21(18,19)16(2)8-4-5-14(17)20-3/h6-7,9H,4-5,8H2,1-3H3. The molecule has 114 valence electrons. The van der Waals surface area contributed by atoms with Crippen molar-refractivity contribution >= 4 is 16.0 Å². The number of rotatable bonds is 6. The van der Waals surface area contributed by atoms with E-state index in [9.17, 15) is 13.2 Å². The van der Waals surface area contributed by atoms with Crippen molar-refractivity contribution in [3.05, 3.63) is 29.3 Å². The molecule has 0 atom stereocenters. The largest absolute Gasteiger partial charge is 0.469 e. The van der Waals surface area contributed by atoms with Crippen molar-refractivity contribution in [3.63, 3.8) is 0 Å². The Kier molecular flexibility index (Phi) is 5.88. The highest BCUT2D eigenvalue weighted by Crippen LogP contribution is 2.18. The van der Waals surface area contributed by atoms with Crippen molar-refractivity contribution in [2.24, 2.45) is 0 Å². The number of benzene rings is 1. The molecule has 1 rings (SSSR count). The summed E-state index contributed by atoms with van der Waals surface area (Å²) in [5.74, 6) is -0.366. The van der Waals surface area contributed by atoms with Crippen molar-refractivity contribution in [1.29, 1.82) is 5.26 Å². The minimum atomic E-state index is -3.62. The Bertz CT molecular complexity index is 662.